The van der Waals surface area contributed by atoms with Gasteiger partial charge in [0.25, 0.3) is 0 Å². The number of hydrogen-bond acceptors (Lipinski definition) is 3. The molecule has 0 aliphatic carbocycles. The van der Waals surface area contributed by atoms with Gasteiger partial charge in [-0.05, 0) is 57.7 Å². The summed E-state index contributed by atoms with van der Waals surface area (Å²) in [5, 5.41) is 0. The van der Waals surface area contributed by atoms with Gasteiger partial charge in [-0.2, -0.15) is 0 Å². The van der Waals surface area contributed by atoms with Crippen LogP contribution >= 0.6 is 0 Å². The lowest BCUT2D eigenvalue weighted by Gasteiger charge is -2.28. The maximum Gasteiger partial charge on any atom is 0.0701 e. The first kappa shape index (κ1) is 14.9. The quantitative estimate of drug-likeness (QED) is 0.744. The Balaban J connectivity index is 2.10. The second-order valence-corrected chi connectivity index (χ2v) is 6.22. The standard InChI is InChI=1S/C14H30N2O/c1-14(2,12-15)8-6-9-16(3)11-13-7-4-5-10-17-13/h13H,4-12,15H2,1-3H3. The first-order valence-corrected chi connectivity index (χ1v) is 7.04. The van der Waals surface area contributed by atoms with Gasteiger partial charge in [0, 0.05) is 13.2 Å². The van der Waals surface area contributed by atoms with Gasteiger partial charge < -0.3 is 15.4 Å². The molecule has 3 nitrogen and oxygen atoms in total. The van der Waals surface area contributed by atoms with Crippen molar-refractivity contribution in [2.24, 2.45) is 11.1 Å². The number of likely N-dealkylation sites (N-methyl/N-ethyl adjacent to an activating group) is 1. The number of nitrogens with two attached hydrogens (primary N) is 1. The van der Waals surface area contributed by atoms with Crippen LogP contribution in [0.3, 0.4) is 0 Å². The van der Waals surface area contributed by atoms with E-state index in [0.29, 0.717) is 11.5 Å². The van der Waals surface area contributed by atoms with Crippen molar-refractivity contribution in [3.05, 3.63) is 0 Å². The third kappa shape index (κ3) is 6.39. The molecule has 0 aromatic heterocycles. The van der Waals surface area contributed by atoms with Gasteiger partial charge in [-0.25, -0.2) is 0 Å². The Morgan fingerprint density at radius 1 is 1.35 bits per heavy atom. The Bertz CT molecular complexity index is 200. The summed E-state index contributed by atoms with van der Waals surface area (Å²) in [6.45, 7) is 8.47. The average molecular weight is 242 g/mol. The van der Waals surface area contributed by atoms with Gasteiger partial charge in [-0.1, -0.05) is 13.8 Å². The van der Waals surface area contributed by atoms with E-state index in [1.165, 1.54) is 32.1 Å². The van der Waals surface area contributed by atoms with E-state index in [4.69, 9.17) is 10.5 Å². The summed E-state index contributed by atoms with van der Waals surface area (Å²) in [6, 6.07) is 0. The Morgan fingerprint density at radius 2 is 2.12 bits per heavy atom. The summed E-state index contributed by atoms with van der Waals surface area (Å²) in [5.41, 5.74) is 6.03. The van der Waals surface area contributed by atoms with E-state index in [9.17, 15) is 0 Å². The highest BCUT2D eigenvalue weighted by Gasteiger charge is 2.17. The lowest BCUT2D eigenvalue weighted by Crippen LogP contribution is -2.34. The molecule has 1 heterocycles. The van der Waals surface area contributed by atoms with Gasteiger partial charge in [0.2, 0.25) is 0 Å². The van der Waals surface area contributed by atoms with E-state index in [1.54, 1.807) is 0 Å². The third-order valence-corrected chi connectivity index (χ3v) is 3.74. The molecule has 0 bridgehead atoms. The van der Waals surface area contributed by atoms with Gasteiger partial charge in [0.05, 0.1) is 6.10 Å². The van der Waals surface area contributed by atoms with Gasteiger partial charge in [-0.3, -0.25) is 0 Å². The molecule has 0 saturated carbocycles. The molecular formula is C14H30N2O. The van der Waals surface area contributed by atoms with Crippen LogP contribution in [0.5, 0.6) is 0 Å². The minimum absolute atomic E-state index is 0.294. The van der Waals surface area contributed by atoms with Gasteiger partial charge in [0.15, 0.2) is 0 Å². The molecule has 1 unspecified atom stereocenters. The molecule has 1 fully saturated rings. The van der Waals surface area contributed by atoms with E-state index in [1.807, 2.05) is 0 Å². The Labute approximate surface area is 107 Å². The van der Waals surface area contributed by atoms with Gasteiger partial charge in [0.1, 0.15) is 0 Å². The van der Waals surface area contributed by atoms with Gasteiger partial charge >= 0.3 is 0 Å². The topological polar surface area (TPSA) is 38.5 Å². The molecule has 3 heteroatoms. The summed E-state index contributed by atoms with van der Waals surface area (Å²) >= 11 is 0. The fraction of sp³-hybridized carbons (Fsp3) is 1.00. The lowest BCUT2D eigenvalue weighted by atomic mass is 9.88. The van der Waals surface area contributed by atoms with Gasteiger partial charge in [-0.15, -0.1) is 0 Å². The lowest BCUT2D eigenvalue weighted by molar-refractivity contribution is -0.00186. The van der Waals surface area contributed by atoms with E-state index in [-0.39, 0.29) is 0 Å². The minimum atomic E-state index is 0.294. The summed E-state index contributed by atoms with van der Waals surface area (Å²) < 4.78 is 5.76. The fourth-order valence-corrected chi connectivity index (χ4v) is 2.32. The number of nitrogens with zero attached hydrogens (tertiary/aromatic N) is 1. The van der Waals surface area contributed by atoms with Crippen LogP contribution in [0.25, 0.3) is 0 Å². The number of ether oxygens (including phenoxy) is 1. The monoisotopic (exact) mass is 242 g/mol. The normalized spacial score (nSPS) is 22.1. The summed E-state index contributed by atoms with van der Waals surface area (Å²) in [7, 11) is 2.20. The maximum atomic E-state index is 5.76. The van der Waals surface area contributed by atoms with E-state index < -0.39 is 0 Å². The van der Waals surface area contributed by atoms with Crippen molar-refractivity contribution >= 4 is 0 Å². The highest BCUT2D eigenvalue weighted by molar-refractivity contribution is 4.71. The second-order valence-electron chi connectivity index (χ2n) is 6.22. The molecule has 2 N–H and O–H groups in total. The van der Waals surface area contributed by atoms with Crippen molar-refractivity contribution < 1.29 is 4.74 Å². The minimum Gasteiger partial charge on any atom is -0.377 e. The molecule has 0 spiro atoms. The van der Waals surface area contributed by atoms with Crippen LogP contribution < -0.4 is 5.73 Å². The zero-order valence-electron chi connectivity index (χ0n) is 11.9. The highest BCUT2D eigenvalue weighted by Crippen LogP contribution is 2.20. The highest BCUT2D eigenvalue weighted by atomic mass is 16.5. The SMILES string of the molecule is CN(CCCC(C)(C)CN)CC1CCCCO1. The Hall–Kier alpha value is -0.120. The summed E-state index contributed by atoms with van der Waals surface area (Å²) in [4.78, 5) is 2.41. The molecule has 0 radical (unpaired) electrons. The summed E-state index contributed by atoms with van der Waals surface area (Å²) in [6.07, 6.45) is 6.71. The average Bonchev–Trinajstić information content (AvgIpc) is 2.30. The molecule has 0 amide bonds. The van der Waals surface area contributed by atoms with Crippen LogP contribution in [-0.2, 0) is 4.74 Å². The molecule has 1 saturated heterocycles. The molecule has 17 heavy (non-hydrogen) atoms. The zero-order valence-corrected chi connectivity index (χ0v) is 11.9. The van der Waals surface area contributed by atoms with Crippen molar-refractivity contribution in [1.82, 2.24) is 4.90 Å². The molecule has 1 atom stereocenters. The van der Waals surface area contributed by atoms with Crippen LogP contribution in [0.1, 0.15) is 46.0 Å². The number of rotatable bonds is 7. The third-order valence-electron chi connectivity index (χ3n) is 3.74. The predicted molar refractivity (Wildman–Crippen MR) is 73.2 cm³/mol. The molecule has 1 aliphatic rings. The van der Waals surface area contributed by atoms with Crippen molar-refractivity contribution in [3.63, 3.8) is 0 Å². The molecular weight excluding hydrogens is 212 g/mol. The Kier molecular flexibility index (Phi) is 6.45. The van der Waals surface area contributed by atoms with Crippen molar-refractivity contribution in [3.8, 4) is 0 Å². The second kappa shape index (κ2) is 7.34. The number of hydrogen-bond donors (Lipinski definition) is 1. The fourth-order valence-electron chi connectivity index (χ4n) is 2.32. The van der Waals surface area contributed by atoms with Crippen LogP contribution in [0, 0.1) is 5.41 Å². The van der Waals surface area contributed by atoms with E-state index >= 15 is 0 Å². The molecule has 0 aromatic carbocycles. The van der Waals surface area contributed by atoms with E-state index in [0.717, 1.165) is 26.2 Å². The van der Waals surface area contributed by atoms with Crippen molar-refractivity contribution in [1.29, 1.82) is 0 Å². The predicted octanol–water partition coefficient (Wildman–Crippen LogP) is 2.25. The molecule has 1 rings (SSSR count). The first-order valence-electron chi connectivity index (χ1n) is 7.04. The van der Waals surface area contributed by atoms with Crippen LogP contribution in [0.4, 0.5) is 0 Å². The molecule has 1 aliphatic heterocycles. The van der Waals surface area contributed by atoms with Crippen molar-refractivity contribution in [2.75, 3.05) is 33.3 Å². The van der Waals surface area contributed by atoms with Crippen molar-refractivity contribution in [2.45, 2.75) is 52.1 Å². The maximum absolute atomic E-state index is 5.76. The first-order chi connectivity index (χ1) is 8.03. The smallest absolute Gasteiger partial charge is 0.0701 e. The van der Waals surface area contributed by atoms with E-state index in [2.05, 4.69) is 25.8 Å². The van der Waals surface area contributed by atoms with Crippen LogP contribution in [0.15, 0.2) is 0 Å². The largest absolute Gasteiger partial charge is 0.377 e. The summed E-state index contributed by atoms with van der Waals surface area (Å²) in [5.74, 6) is 0. The molecule has 0 aromatic rings. The van der Waals surface area contributed by atoms with Crippen LogP contribution in [0.2, 0.25) is 0 Å². The molecule has 102 valence electrons. The zero-order chi connectivity index (χ0) is 12.7. The Morgan fingerprint density at radius 3 is 2.71 bits per heavy atom. The van der Waals surface area contributed by atoms with Crippen LogP contribution in [-0.4, -0.2) is 44.3 Å².